The SMILES string of the molecule is COc1ccc(C(=O)NCCN2CCN(S(=O)(=O)c3ccc(C)cc3)CC2)cc1. The molecule has 1 aliphatic rings. The summed E-state index contributed by atoms with van der Waals surface area (Å²) in [4.78, 5) is 14.7. The number of methoxy groups -OCH3 is 1. The number of nitrogens with zero attached hydrogens (tertiary/aromatic N) is 2. The van der Waals surface area contributed by atoms with Crippen LogP contribution in [-0.4, -0.2) is 69.9 Å². The fourth-order valence-corrected chi connectivity index (χ4v) is 4.65. The predicted molar refractivity (Wildman–Crippen MR) is 112 cm³/mol. The van der Waals surface area contributed by atoms with Gasteiger partial charge in [-0.1, -0.05) is 17.7 Å². The van der Waals surface area contributed by atoms with Crippen molar-refractivity contribution in [3.8, 4) is 5.75 Å². The Morgan fingerprint density at radius 3 is 2.21 bits per heavy atom. The van der Waals surface area contributed by atoms with Gasteiger partial charge < -0.3 is 10.1 Å². The van der Waals surface area contributed by atoms with E-state index in [0.717, 1.165) is 5.56 Å². The van der Waals surface area contributed by atoms with Crippen LogP contribution in [0.2, 0.25) is 0 Å². The van der Waals surface area contributed by atoms with E-state index in [2.05, 4.69) is 10.2 Å². The minimum atomic E-state index is -3.45. The molecule has 0 bridgehead atoms. The number of amides is 1. The smallest absolute Gasteiger partial charge is 0.251 e. The first-order valence-electron chi connectivity index (χ1n) is 9.61. The molecule has 2 aromatic rings. The van der Waals surface area contributed by atoms with E-state index in [0.29, 0.717) is 55.5 Å². The quantitative estimate of drug-likeness (QED) is 0.742. The molecule has 1 fully saturated rings. The van der Waals surface area contributed by atoms with Gasteiger partial charge in [-0.05, 0) is 43.3 Å². The van der Waals surface area contributed by atoms with E-state index in [1.165, 1.54) is 4.31 Å². The Labute approximate surface area is 172 Å². The van der Waals surface area contributed by atoms with Crippen LogP contribution in [0.25, 0.3) is 0 Å². The van der Waals surface area contributed by atoms with Crippen molar-refractivity contribution >= 4 is 15.9 Å². The third-order valence-electron chi connectivity index (χ3n) is 5.06. The molecule has 0 atom stereocenters. The highest BCUT2D eigenvalue weighted by Gasteiger charge is 2.28. The van der Waals surface area contributed by atoms with Crippen molar-refractivity contribution in [1.29, 1.82) is 0 Å². The second-order valence-corrected chi connectivity index (χ2v) is 8.98. The number of ether oxygens (including phenoxy) is 1. The van der Waals surface area contributed by atoms with Gasteiger partial charge in [-0.2, -0.15) is 4.31 Å². The van der Waals surface area contributed by atoms with Crippen LogP contribution in [0.5, 0.6) is 5.75 Å². The maximum atomic E-state index is 12.8. The number of carbonyl (C=O) groups is 1. The van der Waals surface area contributed by atoms with Gasteiger partial charge in [0.15, 0.2) is 0 Å². The molecule has 0 aliphatic carbocycles. The van der Waals surface area contributed by atoms with Crippen molar-refractivity contribution in [3.63, 3.8) is 0 Å². The number of carbonyl (C=O) groups excluding carboxylic acids is 1. The van der Waals surface area contributed by atoms with Gasteiger partial charge in [0.1, 0.15) is 5.75 Å². The summed E-state index contributed by atoms with van der Waals surface area (Å²) in [5.41, 5.74) is 1.62. The van der Waals surface area contributed by atoms with E-state index < -0.39 is 10.0 Å². The van der Waals surface area contributed by atoms with Gasteiger partial charge in [-0.25, -0.2) is 8.42 Å². The minimum absolute atomic E-state index is 0.131. The molecule has 0 radical (unpaired) electrons. The molecule has 0 unspecified atom stereocenters. The van der Waals surface area contributed by atoms with Crippen LogP contribution in [0.4, 0.5) is 0 Å². The summed E-state index contributed by atoms with van der Waals surface area (Å²) >= 11 is 0. The fraction of sp³-hybridized carbons (Fsp3) is 0.381. The summed E-state index contributed by atoms with van der Waals surface area (Å²) in [5, 5.41) is 2.90. The van der Waals surface area contributed by atoms with E-state index in [1.54, 1.807) is 43.5 Å². The van der Waals surface area contributed by atoms with Crippen molar-refractivity contribution in [3.05, 3.63) is 59.7 Å². The molecule has 1 aliphatic heterocycles. The van der Waals surface area contributed by atoms with E-state index in [-0.39, 0.29) is 5.91 Å². The zero-order chi connectivity index (χ0) is 20.9. The van der Waals surface area contributed by atoms with Gasteiger partial charge in [-0.15, -0.1) is 0 Å². The summed E-state index contributed by atoms with van der Waals surface area (Å²) in [5.74, 6) is 0.577. The van der Waals surface area contributed by atoms with Crippen LogP contribution in [0, 0.1) is 6.92 Å². The first kappa shape index (κ1) is 21.3. The molecule has 3 rings (SSSR count). The number of benzene rings is 2. The van der Waals surface area contributed by atoms with Crippen molar-refractivity contribution in [2.45, 2.75) is 11.8 Å². The summed E-state index contributed by atoms with van der Waals surface area (Å²) in [6, 6.07) is 13.9. The van der Waals surface area contributed by atoms with Gasteiger partial charge in [0.05, 0.1) is 12.0 Å². The highest BCUT2D eigenvalue weighted by atomic mass is 32.2. The molecule has 1 saturated heterocycles. The van der Waals surface area contributed by atoms with E-state index in [9.17, 15) is 13.2 Å². The molecule has 29 heavy (non-hydrogen) atoms. The third-order valence-corrected chi connectivity index (χ3v) is 6.97. The molecule has 0 aromatic heterocycles. The van der Waals surface area contributed by atoms with E-state index in [1.807, 2.05) is 19.1 Å². The standard InChI is InChI=1S/C21H27N3O4S/c1-17-3-9-20(10-4-17)29(26,27)24-15-13-23(14-16-24)12-11-22-21(25)18-5-7-19(28-2)8-6-18/h3-10H,11-16H2,1-2H3,(H,22,25). The van der Waals surface area contributed by atoms with E-state index in [4.69, 9.17) is 4.74 Å². The maximum absolute atomic E-state index is 12.8. The molecule has 1 N–H and O–H groups in total. The van der Waals surface area contributed by atoms with Gasteiger partial charge in [0, 0.05) is 44.8 Å². The zero-order valence-electron chi connectivity index (χ0n) is 16.8. The number of nitrogens with one attached hydrogen (secondary N) is 1. The zero-order valence-corrected chi connectivity index (χ0v) is 17.6. The van der Waals surface area contributed by atoms with Crippen LogP contribution >= 0.6 is 0 Å². The lowest BCUT2D eigenvalue weighted by molar-refractivity contribution is 0.0945. The molecule has 8 heteroatoms. The lowest BCUT2D eigenvalue weighted by Crippen LogP contribution is -2.50. The van der Waals surface area contributed by atoms with Crippen LogP contribution in [0.15, 0.2) is 53.4 Å². The number of sulfonamides is 1. The maximum Gasteiger partial charge on any atom is 0.251 e. The summed E-state index contributed by atoms with van der Waals surface area (Å²) in [6.07, 6.45) is 0. The molecule has 1 amide bonds. The first-order chi connectivity index (χ1) is 13.9. The van der Waals surface area contributed by atoms with Crippen LogP contribution in [0.1, 0.15) is 15.9 Å². The first-order valence-corrected chi connectivity index (χ1v) is 11.1. The number of rotatable bonds is 7. The summed E-state index contributed by atoms with van der Waals surface area (Å²) in [7, 11) is -1.87. The van der Waals surface area contributed by atoms with Crippen LogP contribution in [0.3, 0.4) is 0 Å². The summed E-state index contributed by atoms with van der Waals surface area (Å²) < 4.78 is 32.1. The number of piperazine rings is 1. The second kappa shape index (κ2) is 9.39. The number of hydrogen-bond donors (Lipinski definition) is 1. The molecule has 1 heterocycles. The Morgan fingerprint density at radius 1 is 1.00 bits per heavy atom. The third kappa shape index (κ3) is 5.35. The van der Waals surface area contributed by atoms with Crippen molar-refractivity contribution in [2.75, 3.05) is 46.4 Å². The lowest BCUT2D eigenvalue weighted by Gasteiger charge is -2.34. The van der Waals surface area contributed by atoms with Gasteiger partial charge in [0.25, 0.3) is 5.91 Å². The average Bonchev–Trinajstić information content (AvgIpc) is 2.74. The van der Waals surface area contributed by atoms with Gasteiger partial charge in [0.2, 0.25) is 10.0 Å². The van der Waals surface area contributed by atoms with Crippen molar-refractivity contribution < 1.29 is 17.9 Å². The van der Waals surface area contributed by atoms with Gasteiger partial charge in [-0.3, -0.25) is 9.69 Å². The Kier molecular flexibility index (Phi) is 6.89. The Balaban J connectivity index is 1.45. The van der Waals surface area contributed by atoms with Gasteiger partial charge >= 0.3 is 0 Å². The minimum Gasteiger partial charge on any atom is -0.497 e. The lowest BCUT2D eigenvalue weighted by atomic mass is 10.2. The highest BCUT2D eigenvalue weighted by molar-refractivity contribution is 7.89. The normalized spacial score (nSPS) is 15.8. The predicted octanol–water partition coefficient (Wildman–Crippen LogP) is 1.74. The Morgan fingerprint density at radius 2 is 1.62 bits per heavy atom. The number of aryl methyl sites for hydroxylation is 1. The molecular weight excluding hydrogens is 390 g/mol. The van der Waals surface area contributed by atoms with Crippen molar-refractivity contribution in [1.82, 2.24) is 14.5 Å². The molecule has 0 saturated carbocycles. The van der Waals surface area contributed by atoms with Crippen LogP contribution in [-0.2, 0) is 10.0 Å². The molecule has 156 valence electrons. The topological polar surface area (TPSA) is 79.0 Å². The molecule has 2 aromatic carbocycles. The monoisotopic (exact) mass is 417 g/mol. The molecule has 0 spiro atoms. The average molecular weight is 418 g/mol. The van der Waals surface area contributed by atoms with Crippen LogP contribution < -0.4 is 10.1 Å². The Hall–Kier alpha value is -2.42. The van der Waals surface area contributed by atoms with E-state index >= 15 is 0 Å². The molecule has 7 nitrogen and oxygen atoms in total. The highest BCUT2D eigenvalue weighted by Crippen LogP contribution is 2.18. The largest absolute Gasteiger partial charge is 0.497 e. The number of hydrogen-bond acceptors (Lipinski definition) is 5. The summed E-state index contributed by atoms with van der Waals surface area (Å²) in [6.45, 7) is 5.30. The fourth-order valence-electron chi connectivity index (χ4n) is 3.22. The Bertz CT molecular complexity index is 919. The van der Waals surface area contributed by atoms with Crippen molar-refractivity contribution in [2.24, 2.45) is 0 Å². The molecular formula is C21H27N3O4S. The second-order valence-electron chi connectivity index (χ2n) is 7.04.